The van der Waals surface area contributed by atoms with Gasteiger partial charge in [0.15, 0.2) is 0 Å². The average Bonchev–Trinajstić information content (AvgIpc) is 2.41. The Bertz CT molecular complexity index is 475. The fraction of sp³-hybridized carbons (Fsp3) is 0.467. The third kappa shape index (κ3) is 3.98. The van der Waals surface area contributed by atoms with Crippen LogP contribution in [-0.2, 0) is 16.0 Å². The molecule has 1 saturated carbocycles. The van der Waals surface area contributed by atoms with E-state index in [1.807, 2.05) is 12.1 Å². The van der Waals surface area contributed by atoms with Crippen molar-refractivity contribution < 1.29 is 19.8 Å². The van der Waals surface area contributed by atoms with E-state index in [1.54, 1.807) is 12.1 Å². The minimum absolute atomic E-state index is 0.0317. The Morgan fingerprint density at radius 2 is 1.65 bits per heavy atom. The molecular weight excluding hydrogens is 258 g/mol. The molecule has 0 aromatic heterocycles. The second-order valence-corrected chi connectivity index (χ2v) is 5.30. The summed E-state index contributed by atoms with van der Waals surface area (Å²) in [4.78, 5) is 21.5. The lowest BCUT2D eigenvalue weighted by molar-refractivity contribution is -0.142. The Labute approximate surface area is 117 Å². The van der Waals surface area contributed by atoms with Gasteiger partial charge in [0.2, 0.25) is 0 Å². The molecule has 0 atom stereocenters. The predicted octanol–water partition coefficient (Wildman–Crippen LogP) is 2.37. The van der Waals surface area contributed by atoms with E-state index in [0.29, 0.717) is 18.9 Å². The highest BCUT2D eigenvalue weighted by atomic mass is 16.4. The molecule has 0 heterocycles. The minimum atomic E-state index is -0.835. The molecule has 0 saturated heterocycles. The standard InChI is InChI=1S/C15H19NO4/c17-14(18)9-10-1-5-12(6-2-10)16-13-7-3-11(4-8-13)15(19)20/h1-2,5-6,11,13,16H,3-4,7-9H2,(H,17,18)(H,19,20). The van der Waals surface area contributed by atoms with Crippen LogP contribution in [0.5, 0.6) is 0 Å². The molecule has 2 rings (SSSR count). The molecule has 0 aliphatic heterocycles. The number of hydrogen-bond donors (Lipinski definition) is 3. The van der Waals surface area contributed by atoms with Crippen LogP contribution in [0.2, 0.25) is 0 Å². The maximum absolute atomic E-state index is 10.9. The molecule has 1 aliphatic rings. The summed E-state index contributed by atoms with van der Waals surface area (Å²) in [6.45, 7) is 0. The highest BCUT2D eigenvalue weighted by molar-refractivity contribution is 5.70. The van der Waals surface area contributed by atoms with Gasteiger partial charge >= 0.3 is 11.9 Å². The number of hydrogen-bond acceptors (Lipinski definition) is 3. The van der Waals surface area contributed by atoms with Crippen molar-refractivity contribution >= 4 is 17.6 Å². The summed E-state index contributed by atoms with van der Waals surface area (Å²) in [6, 6.07) is 7.66. The first-order valence-corrected chi connectivity index (χ1v) is 6.84. The topological polar surface area (TPSA) is 86.6 Å². The lowest BCUT2D eigenvalue weighted by Crippen LogP contribution is -2.29. The first-order chi connectivity index (χ1) is 9.54. The monoisotopic (exact) mass is 277 g/mol. The second kappa shape index (κ2) is 6.41. The zero-order chi connectivity index (χ0) is 14.5. The Kier molecular flexibility index (Phi) is 4.61. The van der Waals surface area contributed by atoms with Crippen molar-refractivity contribution in [1.82, 2.24) is 0 Å². The largest absolute Gasteiger partial charge is 0.481 e. The number of aliphatic carboxylic acids is 2. The number of benzene rings is 1. The first-order valence-electron chi connectivity index (χ1n) is 6.84. The van der Waals surface area contributed by atoms with Crippen molar-refractivity contribution in [1.29, 1.82) is 0 Å². The van der Waals surface area contributed by atoms with E-state index in [2.05, 4.69) is 5.32 Å². The van der Waals surface area contributed by atoms with Crippen LogP contribution in [0.4, 0.5) is 5.69 Å². The molecule has 5 heteroatoms. The third-order valence-corrected chi connectivity index (χ3v) is 3.76. The number of carboxylic acid groups (broad SMARTS) is 2. The molecule has 1 aliphatic carbocycles. The Balaban J connectivity index is 1.85. The van der Waals surface area contributed by atoms with Gasteiger partial charge in [-0.2, -0.15) is 0 Å². The lowest BCUT2D eigenvalue weighted by Gasteiger charge is -2.27. The van der Waals surface area contributed by atoms with Gasteiger partial charge in [-0.1, -0.05) is 12.1 Å². The molecule has 0 unspecified atom stereocenters. The fourth-order valence-electron chi connectivity index (χ4n) is 2.61. The molecule has 0 spiro atoms. The normalized spacial score (nSPS) is 22.2. The maximum Gasteiger partial charge on any atom is 0.307 e. The fourth-order valence-corrected chi connectivity index (χ4v) is 2.61. The van der Waals surface area contributed by atoms with Crippen molar-refractivity contribution in [3.05, 3.63) is 29.8 Å². The van der Waals surface area contributed by atoms with E-state index < -0.39 is 11.9 Å². The van der Waals surface area contributed by atoms with Crippen LogP contribution in [0.15, 0.2) is 24.3 Å². The van der Waals surface area contributed by atoms with E-state index in [-0.39, 0.29) is 12.3 Å². The van der Waals surface area contributed by atoms with Gasteiger partial charge in [-0.15, -0.1) is 0 Å². The van der Waals surface area contributed by atoms with Crippen molar-refractivity contribution in [2.75, 3.05) is 5.32 Å². The smallest absolute Gasteiger partial charge is 0.307 e. The summed E-state index contributed by atoms with van der Waals surface area (Å²) in [5.74, 6) is -1.73. The van der Waals surface area contributed by atoms with Crippen molar-refractivity contribution in [3.8, 4) is 0 Å². The van der Waals surface area contributed by atoms with Crippen LogP contribution in [-0.4, -0.2) is 28.2 Å². The molecule has 1 fully saturated rings. The SMILES string of the molecule is O=C(O)Cc1ccc(NC2CCC(C(=O)O)CC2)cc1. The number of rotatable bonds is 5. The Morgan fingerprint density at radius 1 is 1.05 bits per heavy atom. The molecule has 1 aromatic carbocycles. The van der Waals surface area contributed by atoms with Crippen molar-refractivity contribution in [2.24, 2.45) is 5.92 Å². The molecule has 5 nitrogen and oxygen atoms in total. The molecular formula is C15H19NO4. The Morgan fingerprint density at radius 3 is 2.15 bits per heavy atom. The molecule has 1 aromatic rings. The van der Waals surface area contributed by atoms with Gasteiger partial charge in [-0.05, 0) is 43.4 Å². The van der Waals surface area contributed by atoms with E-state index in [4.69, 9.17) is 10.2 Å². The second-order valence-electron chi connectivity index (χ2n) is 5.30. The highest BCUT2D eigenvalue weighted by Crippen LogP contribution is 2.26. The number of anilines is 1. The van der Waals surface area contributed by atoms with Crippen LogP contribution in [0.25, 0.3) is 0 Å². The van der Waals surface area contributed by atoms with Crippen LogP contribution in [0.3, 0.4) is 0 Å². The molecule has 0 bridgehead atoms. The summed E-state index contributed by atoms with van der Waals surface area (Å²) < 4.78 is 0. The first kappa shape index (κ1) is 14.4. The number of carboxylic acids is 2. The average molecular weight is 277 g/mol. The van der Waals surface area contributed by atoms with E-state index >= 15 is 0 Å². The number of nitrogens with one attached hydrogen (secondary N) is 1. The van der Waals surface area contributed by atoms with Crippen LogP contribution < -0.4 is 5.32 Å². The predicted molar refractivity (Wildman–Crippen MR) is 74.8 cm³/mol. The molecule has 3 N–H and O–H groups in total. The van der Waals surface area contributed by atoms with Gasteiger partial charge in [0.1, 0.15) is 0 Å². The zero-order valence-corrected chi connectivity index (χ0v) is 11.2. The van der Waals surface area contributed by atoms with Gasteiger partial charge in [-0.3, -0.25) is 9.59 Å². The summed E-state index contributed by atoms with van der Waals surface area (Å²) in [5.41, 5.74) is 1.73. The molecule has 0 amide bonds. The van der Waals surface area contributed by atoms with Gasteiger partial charge in [0.25, 0.3) is 0 Å². The van der Waals surface area contributed by atoms with Gasteiger partial charge < -0.3 is 15.5 Å². The van der Waals surface area contributed by atoms with E-state index in [0.717, 1.165) is 24.1 Å². The van der Waals surface area contributed by atoms with Crippen molar-refractivity contribution in [2.45, 2.75) is 38.1 Å². The molecule has 108 valence electrons. The van der Waals surface area contributed by atoms with Crippen LogP contribution in [0.1, 0.15) is 31.2 Å². The molecule has 20 heavy (non-hydrogen) atoms. The van der Waals surface area contributed by atoms with E-state index in [1.165, 1.54) is 0 Å². The number of carbonyl (C=O) groups is 2. The third-order valence-electron chi connectivity index (χ3n) is 3.76. The Hall–Kier alpha value is -2.04. The van der Waals surface area contributed by atoms with Gasteiger partial charge in [0.05, 0.1) is 12.3 Å². The van der Waals surface area contributed by atoms with Crippen LogP contribution in [0, 0.1) is 5.92 Å². The van der Waals surface area contributed by atoms with E-state index in [9.17, 15) is 9.59 Å². The summed E-state index contributed by atoms with van der Waals surface area (Å²) in [7, 11) is 0. The summed E-state index contributed by atoms with van der Waals surface area (Å²) in [6.07, 6.45) is 3.17. The van der Waals surface area contributed by atoms with Crippen LogP contribution >= 0.6 is 0 Å². The quantitative estimate of drug-likeness (QED) is 0.769. The van der Waals surface area contributed by atoms with Gasteiger partial charge in [0, 0.05) is 11.7 Å². The minimum Gasteiger partial charge on any atom is -0.481 e. The molecule has 0 radical (unpaired) electrons. The highest BCUT2D eigenvalue weighted by Gasteiger charge is 2.25. The summed E-state index contributed by atoms with van der Waals surface area (Å²) >= 11 is 0. The summed E-state index contributed by atoms with van der Waals surface area (Å²) in [5, 5.41) is 21.0. The lowest BCUT2D eigenvalue weighted by atomic mass is 9.86. The zero-order valence-electron chi connectivity index (χ0n) is 11.2. The van der Waals surface area contributed by atoms with Crippen molar-refractivity contribution in [3.63, 3.8) is 0 Å². The van der Waals surface area contributed by atoms with Gasteiger partial charge in [-0.25, -0.2) is 0 Å². The maximum atomic E-state index is 10.9.